The van der Waals surface area contributed by atoms with E-state index in [0.717, 1.165) is 82.4 Å². The molecule has 0 aliphatic rings. The van der Waals surface area contributed by atoms with E-state index in [0.29, 0.717) is 17.7 Å². The summed E-state index contributed by atoms with van der Waals surface area (Å²) < 4.78 is 8.85. The summed E-state index contributed by atoms with van der Waals surface area (Å²) in [7, 11) is 0. The average molecular weight is 719 g/mol. The molecule has 0 spiro atoms. The van der Waals surface area contributed by atoms with Crippen molar-refractivity contribution < 1.29 is 0 Å². The fraction of sp³-hybridized carbons (Fsp3) is 0. The van der Waals surface area contributed by atoms with Gasteiger partial charge in [0, 0.05) is 74.0 Å². The molecule has 0 saturated heterocycles. The molecular weight excluding hydrogens is 689 g/mol. The maximum Gasteiger partial charge on any atom is 0.240 e. The van der Waals surface area contributed by atoms with Crippen LogP contribution in [0.2, 0.25) is 0 Å². The third-order valence-electron chi connectivity index (χ3n) is 11.0. The van der Waals surface area contributed by atoms with E-state index >= 15 is 0 Å². The second kappa shape index (κ2) is 11.8. The number of benzene rings is 6. The van der Waals surface area contributed by atoms with Crippen molar-refractivity contribution in [3.63, 3.8) is 0 Å². The summed E-state index contributed by atoms with van der Waals surface area (Å²) in [5.41, 5.74) is 9.39. The Hall–Kier alpha value is -7.84. The van der Waals surface area contributed by atoms with E-state index < -0.39 is 0 Å². The minimum atomic E-state index is 0.532. The lowest BCUT2D eigenvalue weighted by molar-refractivity contribution is 0.892. The Morgan fingerprint density at radius 1 is 0.375 bits per heavy atom. The van der Waals surface area contributed by atoms with Gasteiger partial charge in [0.2, 0.25) is 11.9 Å². The van der Waals surface area contributed by atoms with Gasteiger partial charge in [-0.15, -0.1) is 0 Å². The van der Waals surface area contributed by atoms with Gasteiger partial charge < -0.3 is 9.13 Å². The fourth-order valence-electron chi connectivity index (χ4n) is 8.43. The maximum atomic E-state index is 5.38. The normalized spacial score (nSPS) is 11.9. The molecule has 8 nitrogen and oxygen atoms in total. The standard InChI is InChI=1S/C48H30N8/c1-3-13-34(14-4-1)53-24-21-31-26-44-38(28-42(31)53)36-17-7-9-19-40(36)55(44)47-50-46(33-12-11-23-49-30-33)51-48(52-47)56-41-20-10-8-18-37(41)39-29-43-32(27-45(39)56)22-25-54(43)35-15-5-2-6-16-35/h1-30H. The van der Waals surface area contributed by atoms with Gasteiger partial charge in [-0.25, -0.2) is 0 Å². The molecule has 6 aromatic heterocycles. The van der Waals surface area contributed by atoms with E-state index in [-0.39, 0.29) is 0 Å². The van der Waals surface area contributed by atoms with Crippen molar-refractivity contribution in [3.8, 4) is 34.7 Å². The summed E-state index contributed by atoms with van der Waals surface area (Å²) in [5, 5.41) is 6.74. The van der Waals surface area contributed by atoms with Crippen molar-refractivity contribution in [1.29, 1.82) is 0 Å². The van der Waals surface area contributed by atoms with Gasteiger partial charge >= 0.3 is 0 Å². The first-order valence-electron chi connectivity index (χ1n) is 18.6. The number of rotatable bonds is 5. The van der Waals surface area contributed by atoms with Crippen LogP contribution >= 0.6 is 0 Å². The van der Waals surface area contributed by atoms with Crippen molar-refractivity contribution >= 4 is 65.4 Å². The Bertz CT molecular complexity index is 3250. The molecule has 0 bridgehead atoms. The van der Waals surface area contributed by atoms with Gasteiger partial charge in [0.05, 0.1) is 33.1 Å². The fourth-order valence-corrected chi connectivity index (χ4v) is 8.43. The highest BCUT2D eigenvalue weighted by Gasteiger charge is 2.22. The molecule has 6 aromatic carbocycles. The molecule has 0 aliphatic carbocycles. The Morgan fingerprint density at radius 2 is 0.875 bits per heavy atom. The number of nitrogens with zero attached hydrogens (tertiary/aromatic N) is 8. The van der Waals surface area contributed by atoms with Gasteiger partial charge in [0.25, 0.3) is 0 Å². The zero-order valence-corrected chi connectivity index (χ0v) is 29.9. The molecule has 12 rings (SSSR count). The van der Waals surface area contributed by atoms with E-state index in [2.05, 4.69) is 169 Å². The van der Waals surface area contributed by atoms with Crippen LogP contribution < -0.4 is 0 Å². The highest BCUT2D eigenvalue weighted by molar-refractivity contribution is 6.14. The highest BCUT2D eigenvalue weighted by atomic mass is 15.3. The van der Waals surface area contributed by atoms with E-state index in [4.69, 9.17) is 15.0 Å². The lowest BCUT2D eigenvalue weighted by Crippen LogP contribution is -2.10. The van der Waals surface area contributed by atoms with Crippen molar-refractivity contribution in [2.24, 2.45) is 0 Å². The predicted octanol–water partition coefficient (Wildman–Crippen LogP) is 11.0. The molecule has 0 amide bonds. The largest absolute Gasteiger partial charge is 0.317 e. The average Bonchev–Trinajstić information content (AvgIpc) is 4.03. The molecule has 56 heavy (non-hydrogen) atoms. The Labute approximate surface area is 319 Å². The molecule has 262 valence electrons. The third-order valence-corrected chi connectivity index (χ3v) is 11.0. The van der Waals surface area contributed by atoms with Crippen LogP contribution in [0, 0.1) is 0 Å². The summed E-state index contributed by atoms with van der Waals surface area (Å²) in [6.07, 6.45) is 7.86. The second-order valence-corrected chi connectivity index (χ2v) is 14.1. The van der Waals surface area contributed by atoms with E-state index in [1.54, 1.807) is 6.20 Å². The number of aromatic nitrogens is 8. The lowest BCUT2D eigenvalue weighted by Gasteiger charge is -2.13. The van der Waals surface area contributed by atoms with Gasteiger partial charge in [-0.3, -0.25) is 14.1 Å². The van der Waals surface area contributed by atoms with Gasteiger partial charge in [-0.2, -0.15) is 15.0 Å². The minimum Gasteiger partial charge on any atom is -0.317 e. The molecule has 0 fully saturated rings. The quantitative estimate of drug-likeness (QED) is 0.178. The number of para-hydroxylation sites is 4. The summed E-state index contributed by atoms with van der Waals surface area (Å²) in [6.45, 7) is 0. The molecule has 6 heterocycles. The SMILES string of the molecule is c1ccc(-n2ccc3cc4c(cc32)c2ccccc2n4-c2nc(-c3cccnc3)nc(-n3c4ccccc4c4cc5c(ccn5-c5ccccc5)cc43)n2)cc1. The summed E-state index contributed by atoms with van der Waals surface area (Å²) in [6, 6.07) is 55.3. The molecule has 0 atom stereocenters. The van der Waals surface area contributed by atoms with Crippen molar-refractivity contribution in [1.82, 2.24) is 38.2 Å². The third kappa shape index (κ3) is 4.53. The van der Waals surface area contributed by atoms with E-state index in [9.17, 15) is 0 Å². The Morgan fingerprint density at radius 3 is 1.38 bits per heavy atom. The zero-order valence-electron chi connectivity index (χ0n) is 29.9. The van der Waals surface area contributed by atoms with Crippen molar-refractivity contribution in [3.05, 3.63) is 183 Å². The van der Waals surface area contributed by atoms with Crippen molar-refractivity contribution in [2.45, 2.75) is 0 Å². The van der Waals surface area contributed by atoms with Crippen LogP contribution in [0.5, 0.6) is 0 Å². The number of hydrogen-bond acceptors (Lipinski definition) is 4. The van der Waals surface area contributed by atoms with Gasteiger partial charge in [-0.1, -0.05) is 72.8 Å². The van der Waals surface area contributed by atoms with Crippen molar-refractivity contribution in [2.75, 3.05) is 0 Å². The van der Waals surface area contributed by atoms with E-state index in [1.165, 1.54) is 0 Å². The first-order chi connectivity index (χ1) is 27.8. The Kier molecular flexibility index (Phi) is 6.47. The molecule has 8 heteroatoms. The molecule has 0 saturated carbocycles. The van der Waals surface area contributed by atoms with Gasteiger partial charge in [-0.05, 0) is 84.9 Å². The number of pyridine rings is 1. The summed E-state index contributed by atoms with van der Waals surface area (Å²) >= 11 is 0. The van der Waals surface area contributed by atoms with Crippen LogP contribution in [-0.4, -0.2) is 38.2 Å². The van der Waals surface area contributed by atoms with E-state index in [1.807, 2.05) is 30.5 Å². The van der Waals surface area contributed by atoms with Crippen LogP contribution in [0.4, 0.5) is 0 Å². The highest BCUT2D eigenvalue weighted by Crippen LogP contribution is 2.38. The van der Waals surface area contributed by atoms with Gasteiger partial charge in [0.15, 0.2) is 5.82 Å². The predicted molar refractivity (Wildman–Crippen MR) is 225 cm³/mol. The van der Waals surface area contributed by atoms with Crippen LogP contribution in [0.25, 0.3) is 100 Å². The lowest BCUT2D eigenvalue weighted by atomic mass is 10.1. The number of fused-ring (bicyclic) bond motifs is 8. The first kappa shape index (κ1) is 30.6. The molecular formula is C48H30N8. The summed E-state index contributed by atoms with van der Waals surface area (Å²) in [4.78, 5) is 20.3. The van der Waals surface area contributed by atoms with Crippen LogP contribution in [0.3, 0.4) is 0 Å². The van der Waals surface area contributed by atoms with Crippen LogP contribution in [-0.2, 0) is 0 Å². The monoisotopic (exact) mass is 718 g/mol. The zero-order chi connectivity index (χ0) is 36.7. The molecule has 0 radical (unpaired) electrons. The molecule has 12 aromatic rings. The van der Waals surface area contributed by atoms with Gasteiger partial charge in [0.1, 0.15) is 0 Å². The van der Waals surface area contributed by atoms with Crippen LogP contribution in [0.15, 0.2) is 183 Å². The topological polar surface area (TPSA) is 71.3 Å². The summed E-state index contributed by atoms with van der Waals surface area (Å²) in [5.74, 6) is 1.61. The molecule has 0 unspecified atom stereocenters. The Balaban J connectivity index is 1.14. The minimum absolute atomic E-state index is 0.532. The first-order valence-corrected chi connectivity index (χ1v) is 18.6. The second-order valence-electron chi connectivity index (χ2n) is 14.1. The van der Waals surface area contributed by atoms with Crippen LogP contribution in [0.1, 0.15) is 0 Å². The smallest absolute Gasteiger partial charge is 0.240 e. The molecule has 0 aliphatic heterocycles. The maximum absolute atomic E-state index is 5.38. The molecule has 0 N–H and O–H groups in total. The number of hydrogen-bond donors (Lipinski definition) is 0.